The van der Waals surface area contributed by atoms with Gasteiger partial charge in [0, 0.05) is 19.5 Å². The van der Waals surface area contributed by atoms with Gasteiger partial charge in [0.1, 0.15) is 17.7 Å². The lowest BCUT2D eigenvalue weighted by Crippen LogP contribution is -3.00. The zero-order valence-corrected chi connectivity index (χ0v) is 15.4. The smallest absolute Gasteiger partial charge is 0.334 e. The minimum atomic E-state index is -1.09. The first kappa shape index (κ1) is 20.3. The van der Waals surface area contributed by atoms with Crippen LogP contribution in [0.2, 0.25) is 0 Å². The van der Waals surface area contributed by atoms with Crippen molar-refractivity contribution in [3.63, 3.8) is 0 Å². The fourth-order valence-electron chi connectivity index (χ4n) is 2.03. The Bertz CT molecular complexity index is 706. The van der Waals surface area contributed by atoms with Crippen molar-refractivity contribution >= 4 is 23.1 Å². The molecule has 0 saturated carbocycles. The Morgan fingerprint density at radius 3 is 2.83 bits per heavy atom. The van der Waals surface area contributed by atoms with Crippen LogP contribution in [0.4, 0.5) is 5.82 Å². The van der Waals surface area contributed by atoms with Crippen LogP contribution in [0.1, 0.15) is 28.9 Å². The molecule has 0 fully saturated rings. The van der Waals surface area contributed by atoms with Gasteiger partial charge >= 0.3 is 5.97 Å². The number of carbonyl (C=O) groups excluding carboxylic acids is 1. The Labute approximate surface area is 150 Å². The highest BCUT2D eigenvalue weighted by molar-refractivity contribution is 7.09. The van der Waals surface area contributed by atoms with Crippen LogP contribution in [0, 0.1) is 13.8 Å². The number of esters is 1. The highest BCUT2D eigenvalue weighted by Gasteiger charge is 2.18. The normalized spacial score (nSPS) is 11.7. The van der Waals surface area contributed by atoms with Crippen LogP contribution in [0.3, 0.4) is 0 Å². The van der Waals surface area contributed by atoms with Crippen LogP contribution in [0.15, 0.2) is 11.7 Å². The quantitative estimate of drug-likeness (QED) is 0.431. The number of rotatable bonds is 6. The fourth-order valence-corrected chi connectivity index (χ4v) is 3.01. The summed E-state index contributed by atoms with van der Waals surface area (Å²) in [5.41, 5.74) is 9.88. The first-order valence-corrected chi connectivity index (χ1v) is 8.15. The van der Waals surface area contributed by atoms with Crippen molar-refractivity contribution in [2.75, 3.05) is 12.3 Å². The maximum absolute atomic E-state index is 11.2. The number of carbonyl (C=O) groups is 1. The van der Waals surface area contributed by atoms with Crippen molar-refractivity contribution in [1.29, 1.82) is 0 Å². The van der Waals surface area contributed by atoms with Crippen LogP contribution in [-0.4, -0.2) is 33.8 Å². The Hall–Kier alpha value is -1.77. The van der Waals surface area contributed by atoms with E-state index in [1.54, 1.807) is 24.5 Å². The van der Waals surface area contributed by atoms with Crippen molar-refractivity contribution in [2.45, 2.75) is 39.8 Å². The molecule has 0 aliphatic rings. The van der Waals surface area contributed by atoms with Gasteiger partial charge in [-0.15, -0.1) is 0 Å². The van der Waals surface area contributed by atoms with E-state index in [0.29, 0.717) is 24.6 Å². The standard InChI is InChI=1S/C15H21N4O3S.ClH/c1-9-13(4-5-22-15(21)10(2)20)23-8-19(9)7-12-6-17-11(3)18-14(12)16;/h6,8,10,20H,4-5,7H2,1-3H3,(H2,16,17,18);1H/q+1;/p-1. The average molecular weight is 373 g/mol. The number of anilines is 1. The largest absolute Gasteiger partial charge is 1.00 e. The van der Waals surface area contributed by atoms with Crippen molar-refractivity contribution in [2.24, 2.45) is 0 Å². The molecule has 2 aromatic rings. The van der Waals surface area contributed by atoms with Gasteiger partial charge < -0.3 is 28.0 Å². The molecule has 3 N–H and O–H groups in total. The van der Waals surface area contributed by atoms with E-state index in [1.165, 1.54) is 6.92 Å². The summed E-state index contributed by atoms with van der Waals surface area (Å²) in [5.74, 6) is 0.540. The summed E-state index contributed by atoms with van der Waals surface area (Å²) in [7, 11) is 0. The molecule has 7 nitrogen and oxygen atoms in total. The number of halogens is 1. The molecule has 0 aromatic carbocycles. The monoisotopic (exact) mass is 372 g/mol. The molecule has 0 bridgehead atoms. The summed E-state index contributed by atoms with van der Waals surface area (Å²) in [6.07, 6.45) is 1.27. The molecule has 0 amide bonds. The van der Waals surface area contributed by atoms with Gasteiger partial charge in [0.25, 0.3) is 0 Å². The molecule has 0 radical (unpaired) electrons. The number of aryl methyl sites for hydroxylation is 1. The summed E-state index contributed by atoms with van der Waals surface area (Å²) in [6.45, 7) is 6.05. The van der Waals surface area contributed by atoms with E-state index >= 15 is 0 Å². The van der Waals surface area contributed by atoms with E-state index in [9.17, 15) is 4.79 Å². The second kappa shape index (κ2) is 8.91. The van der Waals surface area contributed by atoms with E-state index in [4.69, 9.17) is 15.6 Å². The second-order valence-electron chi connectivity index (χ2n) is 5.28. The molecule has 2 heterocycles. The molecule has 1 atom stereocenters. The Kier molecular flexibility index (Phi) is 7.53. The molecular weight excluding hydrogens is 352 g/mol. The molecule has 0 aliphatic carbocycles. The third-order valence-corrected chi connectivity index (χ3v) is 4.57. The molecule has 0 aliphatic heterocycles. The van der Waals surface area contributed by atoms with Crippen molar-refractivity contribution in [3.05, 3.63) is 33.7 Å². The zero-order chi connectivity index (χ0) is 17.0. The van der Waals surface area contributed by atoms with Crippen molar-refractivity contribution in [3.8, 4) is 0 Å². The topological polar surface area (TPSA) is 102 Å². The van der Waals surface area contributed by atoms with Crippen LogP contribution < -0.4 is 22.7 Å². The number of aliphatic hydroxyl groups excluding tert-OH is 1. The molecule has 2 aromatic heterocycles. The van der Waals surface area contributed by atoms with Gasteiger partial charge in [-0.25, -0.2) is 14.8 Å². The third kappa shape index (κ3) is 5.12. The van der Waals surface area contributed by atoms with Crippen LogP contribution >= 0.6 is 11.3 Å². The van der Waals surface area contributed by atoms with Crippen LogP contribution in [0.25, 0.3) is 0 Å². The lowest BCUT2D eigenvalue weighted by Gasteiger charge is -2.05. The fraction of sp³-hybridized carbons (Fsp3) is 0.467. The highest BCUT2D eigenvalue weighted by Crippen LogP contribution is 2.14. The van der Waals surface area contributed by atoms with E-state index in [-0.39, 0.29) is 19.0 Å². The first-order valence-electron chi connectivity index (χ1n) is 7.27. The summed E-state index contributed by atoms with van der Waals surface area (Å²) >= 11 is 1.59. The average Bonchev–Trinajstić information content (AvgIpc) is 2.83. The molecule has 0 spiro atoms. The lowest BCUT2D eigenvalue weighted by molar-refractivity contribution is -0.689. The van der Waals surface area contributed by atoms with Gasteiger partial charge in [-0.1, -0.05) is 11.3 Å². The highest BCUT2D eigenvalue weighted by atomic mass is 35.5. The van der Waals surface area contributed by atoms with Crippen LogP contribution in [-0.2, 0) is 22.5 Å². The van der Waals surface area contributed by atoms with Gasteiger partial charge in [-0.2, -0.15) is 4.57 Å². The number of aromatic nitrogens is 3. The molecule has 9 heteroatoms. The van der Waals surface area contributed by atoms with E-state index < -0.39 is 12.1 Å². The number of nitrogens with two attached hydrogens (primary N) is 1. The molecule has 1 unspecified atom stereocenters. The number of nitrogens with zero attached hydrogens (tertiary/aromatic N) is 3. The molecule has 24 heavy (non-hydrogen) atoms. The van der Waals surface area contributed by atoms with Gasteiger partial charge in [0.15, 0.2) is 12.2 Å². The Morgan fingerprint density at radius 2 is 2.21 bits per heavy atom. The Balaban J connectivity index is 0.00000288. The zero-order valence-electron chi connectivity index (χ0n) is 13.8. The Morgan fingerprint density at radius 1 is 1.50 bits per heavy atom. The van der Waals surface area contributed by atoms with Crippen LogP contribution in [0.5, 0.6) is 0 Å². The minimum Gasteiger partial charge on any atom is -1.00 e. The number of nitrogen functional groups attached to an aromatic ring is 1. The molecule has 2 rings (SSSR count). The predicted octanol–water partition coefficient (Wildman–Crippen LogP) is -2.46. The van der Waals surface area contributed by atoms with Gasteiger partial charge in [-0.3, -0.25) is 0 Å². The predicted molar refractivity (Wildman–Crippen MR) is 85.9 cm³/mol. The molecule has 132 valence electrons. The molecule has 0 saturated heterocycles. The number of hydrogen-bond donors (Lipinski definition) is 2. The summed E-state index contributed by atoms with van der Waals surface area (Å²) < 4.78 is 7.06. The minimum absolute atomic E-state index is 0. The maximum Gasteiger partial charge on any atom is 0.334 e. The van der Waals surface area contributed by atoms with Crippen molar-refractivity contribution < 1.29 is 31.6 Å². The number of hydrogen-bond acceptors (Lipinski definition) is 7. The second-order valence-corrected chi connectivity index (χ2v) is 6.22. The van der Waals surface area contributed by atoms with Gasteiger partial charge in [0.05, 0.1) is 17.0 Å². The third-order valence-electron chi connectivity index (χ3n) is 3.43. The molecular formula is C15H21ClN4O3S. The summed E-state index contributed by atoms with van der Waals surface area (Å²) in [6, 6.07) is 0. The van der Waals surface area contributed by atoms with Gasteiger partial charge in [-0.05, 0) is 13.8 Å². The van der Waals surface area contributed by atoms with Crippen molar-refractivity contribution in [1.82, 2.24) is 9.97 Å². The number of thiazole rings is 1. The lowest BCUT2D eigenvalue weighted by atomic mass is 10.2. The summed E-state index contributed by atoms with van der Waals surface area (Å²) in [4.78, 5) is 20.7. The number of aliphatic hydroxyl groups is 1. The first-order chi connectivity index (χ1) is 10.9. The van der Waals surface area contributed by atoms with Gasteiger partial charge in [0.2, 0.25) is 5.51 Å². The SMILES string of the molecule is Cc1ncc(C[n+]2csc(CCOC(=O)C(C)O)c2C)c(N)n1.[Cl-]. The van der Waals surface area contributed by atoms with E-state index in [2.05, 4.69) is 14.5 Å². The van der Waals surface area contributed by atoms with E-state index in [0.717, 1.165) is 16.1 Å². The number of ether oxygens (including phenoxy) is 1. The summed E-state index contributed by atoms with van der Waals surface area (Å²) in [5, 5.41) is 9.09. The maximum atomic E-state index is 11.2. The van der Waals surface area contributed by atoms with E-state index in [1.807, 2.05) is 12.4 Å².